The zero-order chi connectivity index (χ0) is 14.9. The molecule has 1 amide bonds. The quantitative estimate of drug-likeness (QED) is 0.809. The number of carbonyl (C=O) groups excluding carboxylic acids is 1. The van der Waals surface area contributed by atoms with Crippen LogP contribution in [-0.2, 0) is 16.0 Å². The number of aryl methyl sites for hydroxylation is 1. The van der Waals surface area contributed by atoms with Gasteiger partial charge in [0.15, 0.2) is 0 Å². The normalized spacial score (nSPS) is 12.0. The topological polar surface area (TPSA) is 38.3 Å². The van der Waals surface area contributed by atoms with Gasteiger partial charge in [-0.2, -0.15) is 11.3 Å². The van der Waals surface area contributed by atoms with Gasteiger partial charge in [0.05, 0.1) is 0 Å². The van der Waals surface area contributed by atoms with Gasteiger partial charge < -0.3 is 10.1 Å². The van der Waals surface area contributed by atoms with Crippen molar-refractivity contribution in [1.82, 2.24) is 5.32 Å². The van der Waals surface area contributed by atoms with Gasteiger partial charge >= 0.3 is 0 Å². The maximum absolute atomic E-state index is 11.9. The average Bonchev–Trinajstić information content (AvgIpc) is 3.03. The summed E-state index contributed by atoms with van der Waals surface area (Å²) in [4.78, 5) is 11.9. The second kappa shape index (κ2) is 8.60. The molecule has 3 nitrogen and oxygen atoms in total. The number of hydrogen-bond acceptors (Lipinski definition) is 3. The van der Waals surface area contributed by atoms with Crippen LogP contribution in [0, 0.1) is 0 Å². The Hall–Kier alpha value is -1.65. The Morgan fingerprint density at radius 2 is 2.10 bits per heavy atom. The molecule has 2 aromatic rings. The molecule has 4 heteroatoms. The first-order valence-corrected chi connectivity index (χ1v) is 8.09. The molecule has 112 valence electrons. The Bertz CT molecular complexity index is 525. The number of ether oxygens (including phenoxy) is 1. The summed E-state index contributed by atoms with van der Waals surface area (Å²) in [6, 6.07) is 12.3. The molecule has 1 aromatic heterocycles. The van der Waals surface area contributed by atoms with Gasteiger partial charge in [0.25, 0.3) is 0 Å². The van der Waals surface area contributed by atoms with Gasteiger partial charge in [-0.05, 0) is 40.8 Å². The highest BCUT2D eigenvalue weighted by atomic mass is 32.1. The molecule has 1 aromatic carbocycles. The third-order valence-corrected chi connectivity index (χ3v) is 4.10. The van der Waals surface area contributed by atoms with Gasteiger partial charge in [0.2, 0.25) is 5.91 Å². The lowest BCUT2D eigenvalue weighted by Gasteiger charge is -2.15. The Morgan fingerprint density at radius 3 is 2.76 bits per heavy atom. The second-order valence-corrected chi connectivity index (χ2v) is 5.70. The van der Waals surface area contributed by atoms with Crippen LogP contribution in [0.15, 0.2) is 47.2 Å². The van der Waals surface area contributed by atoms with Crippen molar-refractivity contribution < 1.29 is 9.53 Å². The van der Waals surface area contributed by atoms with Crippen molar-refractivity contribution in [2.75, 3.05) is 13.7 Å². The highest BCUT2D eigenvalue weighted by Crippen LogP contribution is 2.18. The van der Waals surface area contributed by atoms with Gasteiger partial charge in [-0.15, -0.1) is 0 Å². The molecule has 0 saturated carbocycles. The predicted molar refractivity (Wildman–Crippen MR) is 86.5 cm³/mol. The fraction of sp³-hybridized carbons (Fsp3) is 0.353. The van der Waals surface area contributed by atoms with Gasteiger partial charge in [-0.25, -0.2) is 0 Å². The highest BCUT2D eigenvalue weighted by molar-refractivity contribution is 7.07. The van der Waals surface area contributed by atoms with Crippen LogP contribution >= 0.6 is 11.3 Å². The van der Waals surface area contributed by atoms with E-state index in [1.165, 1.54) is 5.56 Å². The molecule has 0 unspecified atom stereocenters. The Balaban J connectivity index is 1.67. The van der Waals surface area contributed by atoms with Crippen LogP contribution in [-0.4, -0.2) is 19.6 Å². The van der Waals surface area contributed by atoms with Crippen molar-refractivity contribution in [3.8, 4) is 0 Å². The van der Waals surface area contributed by atoms with Crippen LogP contribution in [0.2, 0.25) is 0 Å². The van der Waals surface area contributed by atoms with E-state index in [4.69, 9.17) is 4.74 Å². The van der Waals surface area contributed by atoms with E-state index in [-0.39, 0.29) is 12.0 Å². The second-order valence-electron chi connectivity index (χ2n) is 4.92. The van der Waals surface area contributed by atoms with Crippen LogP contribution in [0.5, 0.6) is 0 Å². The van der Waals surface area contributed by atoms with Crippen molar-refractivity contribution >= 4 is 17.2 Å². The van der Waals surface area contributed by atoms with Gasteiger partial charge in [-0.3, -0.25) is 4.79 Å². The summed E-state index contributed by atoms with van der Waals surface area (Å²) in [5.74, 6) is 0.0863. The molecule has 0 spiro atoms. The molecule has 0 aliphatic rings. The maximum Gasteiger partial charge on any atom is 0.220 e. The molecule has 21 heavy (non-hydrogen) atoms. The Kier molecular flexibility index (Phi) is 6.44. The number of thiophene rings is 1. The number of hydrogen-bond donors (Lipinski definition) is 1. The molecule has 0 fully saturated rings. The minimum Gasteiger partial charge on any atom is -0.375 e. The molecule has 0 aliphatic carbocycles. The predicted octanol–water partition coefficient (Wildman–Crippen LogP) is 3.57. The summed E-state index contributed by atoms with van der Waals surface area (Å²) >= 11 is 1.64. The zero-order valence-corrected chi connectivity index (χ0v) is 13.1. The number of carbonyl (C=O) groups is 1. The smallest absolute Gasteiger partial charge is 0.220 e. The molecule has 0 radical (unpaired) electrons. The Labute approximate surface area is 130 Å². The minimum absolute atomic E-state index is 0.0608. The van der Waals surface area contributed by atoms with Crippen LogP contribution in [0.25, 0.3) is 0 Å². The fourth-order valence-corrected chi connectivity index (χ4v) is 2.89. The SMILES string of the molecule is CO[C@@H](CNC(=O)CCCc1ccccc1)c1ccsc1. The molecule has 0 bridgehead atoms. The van der Waals surface area contributed by atoms with Crippen LogP contribution in [0.4, 0.5) is 0 Å². The number of methoxy groups -OCH3 is 1. The van der Waals surface area contributed by atoms with Crippen molar-refractivity contribution in [1.29, 1.82) is 0 Å². The first-order chi connectivity index (χ1) is 10.3. The number of amides is 1. The van der Waals surface area contributed by atoms with Crippen molar-refractivity contribution in [2.24, 2.45) is 0 Å². The van der Waals surface area contributed by atoms with Gasteiger partial charge in [-0.1, -0.05) is 30.3 Å². The molecule has 1 N–H and O–H groups in total. The van der Waals surface area contributed by atoms with E-state index in [1.807, 2.05) is 29.6 Å². The van der Waals surface area contributed by atoms with E-state index in [9.17, 15) is 4.79 Å². The van der Waals surface area contributed by atoms with E-state index in [0.717, 1.165) is 18.4 Å². The number of nitrogens with one attached hydrogen (secondary N) is 1. The van der Waals surface area contributed by atoms with Gasteiger partial charge in [0.1, 0.15) is 6.10 Å². The highest BCUT2D eigenvalue weighted by Gasteiger charge is 2.12. The third-order valence-electron chi connectivity index (χ3n) is 3.40. The van der Waals surface area contributed by atoms with Crippen LogP contribution in [0.3, 0.4) is 0 Å². The van der Waals surface area contributed by atoms with Crippen LogP contribution < -0.4 is 5.32 Å². The molecule has 1 heterocycles. The number of rotatable bonds is 8. The third kappa shape index (κ3) is 5.33. The summed E-state index contributed by atoms with van der Waals surface area (Å²) in [5.41, 5.74) is 2.39. The molecule has 0 aliphatic heterocycles. The summed E-state index contributed by atoms with van der Waals surface area (Å²) in [6.45, 7) is 0.525. The molecule has 1 atom stereocenters. The van der Waals surface area contributed by atoms with E-state index < -0.39 is 0 Å². The largest absolute Gasteiger partial charge is 0.375 e. The zero-order valence-electron chi connectivity index (χ0n) is 12.2. The first kappa shape index (κ1) is 15.7. The van der Waals surface area contributed by atoms with Crippen molar-refractivity contribution in [3.63, 3.8) is 0 Å². The molecule has 0 saturated heterocycles. The summed E-state index contributed by atoms with van der Waals surface area (Å²) in [6.07, 6.45) is 2.29. The van der Waals surface area contributed by atoms with Crippen molar-refractivity contribution in [3.05, 3.63) is 58.3 Å². The van der Waals surface area contributed by atoms with E-state index >= 15 is 0 Å². The lowest BCUT2D eigenvalue weighted by atomic mass is 10.1. The van der Waals surface area contributed by atoms with Crippen LogP contribution in [0.1, 0.15) is 30.1 Å². The monoisotopic (exact) mass is 303 g/mol. The lowest BCUT2D eigenvalue weighted by molar-refractivity contribution is -0.121. The Morgan fingerprint density at radius 1 is 1.29 bits per heavy atom. The van der Waals surface area contributed by atoms with Gasteiger partial charge in [0, 0.05) is 20.1 Å². The first-order valence-electron chi connectivity index (χ1n) is 7.15. The standard InChI is InChI=1S/C17H21NO2S/c1-20-16(15-10-11-21-13-15)12-18-17(19)9-5-8-14-6-3-2-4-7-14/h2-4,6-7,10-11,13,16H,5,8-9,12H2,1H3,(H,18,19)/t16-/m0/s1. The minimum atomic E-state index is -0.0608. The molecular weight excluding hydrogens is 282 g/mol. The molecular formula is C17H21NO2S. The van der Waals surface area contributed by atoms with E-state index in [1.54, 1.807) is 18.4 Å². The van der Waals surface area contributed by atoms with E-state index in [0.29, 0.717) is 13.0 Å². The lowest BCUT2D eigenvalue weighted by Crippen LogP contribution is -2.28. The van der Waals surface area contributed by atoms with Crippen molar-refractivity contribution in [2.45, 2.75) is 25.4 Å². The summed E-state index contributed by atoms with van der Waals surface area (Å²) in [5, 5.41) is 7.02. The average molecular weight is 303 g/mol. The summed E-state index contributed by atoms with van der Waals surface area (Å²) in [7, 11) is 1.67. The number of benzene rings is 1. The maximum atomic E-state index is 11.9. The van der Waals surface area contributed by atoms with E-state index in [2.05, 4.69) is 22.8 Å². The fourth-order valence-electron chi connectivity index (χ4n) is 2.19. The molecule has 2 rings (SSSR count). The summed E-state index contributed by atoms with van der Waals surface area (Å²) < 4.78 is 5.41.